The molecule has 19 heavy (non-hydrogen) atoms. The van der Waals surface area contributed by atoms with E-state index in [4.69, 9.17) is 11.6 Å². The molecule has 0 fully saturated rings. The normalized spacial score (nSPS) is 12.2. The van der Waals surface area contributed by atoms with Crippen LogP contribution in [-0.4, -0.2) is 26.2 Å². The van der Waals surface area contributed by atoms with Gasteiger partial charge in [-0.05, 0) is 13.0 Å². The number of aliphatic hydroxyl groups is 1. The number of carbonyl (C=O) groups is 1. The number of aryl methyl sites for hydroxylation is 1. The van der Waals surface area contributed by atoms with Crippen molar-refractivity contribution in [1.82, 2.24) is 20.5 Å². The second kappa shape index (κ2) is 5.81. The van der Waals surface area contributed by atoms with Crippen molar-refractivity contribution in [2.24, 2.45) is 0 Å². The zero-order chi connectivity index (χ0) is 13.8. The Morgan fingerprint density at radius 3 is 2.89 bits per heavy atom. The van der Waals surface area contributed by atoms with Gasteiger partial charge < -0.3 is 10.4 Å². The van der Waals surface area contributed by atoms with Gasteiger partial charge in [-0.15, -0.1) is 0 Å². The van der Waals surface area contributed by atoms with Crippen LogP contribution in [0.25, 0.3) is 0 Å². The summed E-state index contributed by atoms with van der Waals surface area (Å²) in [6.07, 6.45) is -1.31. The number of amides is 1. The number of nitrogens with zero attached hydrogens (tertiary/aromatic N) is 2. The summed E-state index contributed by atoms with van der Waals surface area (Å²) < 4.78 is 0. The van der Waals surface area contributed by atoms with Gasteiger partial charge in [-0.2, -0.15) is 5.10 Å². The lowest BCUT2D eigenvalue weighted by Gasteiger charge is -2.12. The Labute approximate surface area is 114 Å². The number of rotatable bonds is 4. The van der Waals surface area contributed by atoms with Gasteiger partial charge in [0.15, 0.2) is 11.9 Å². The van der Waals surface area contributed by atoms with Gasteiger partial charge in [0.05, 0.1) is 6.54 Å². The first-order valence-corrected chi connectivity index (χ1v) is 6.04. The summed E-state index contributed by atoms with van der Waals surface area (Å²) in [7, 11) is 0. The zero-order valence-electron chi connectivity index (χ0n) is 10.2. The van der Waals surface area contributed by atoms with Crippen LogP contribution in [0.1, 0.15) is 23.3 Å². The maximum atomic E-state index is 11.8. The first kappa shape index (κ1) is 13.5. The number of aromatic nitrogens is 3. The third kappa shape index (κ3) is 3.30. The smallest absolute Gasteiger partial charge is 0.253 e. The summed E-state index contributed by atoms with van der Waals surface area (Å²) in [5.74, 6) is 0.573. The summed E-state index contributed by atoms with van der Waals surface area (Å²) in [4.78, 5) is 15.8. The Kier molecular flexibility index (Phi) is 4.13. The monoisotopic (exact) mass is 280 g/mol. The van der Waals surface area contributed by atoms with Gasteiger partial charge >= 0.3 is 0 Å². The summed E-state index contributed by atoms with van der Waals surface area (Å²) in [5, 5.41) is 19.3. The lowest BCUT2D eigenvalue weighted by Crippen LogP contribution is -2.29. The molecule has 0 bridgehead atoms. The molecule has 6 nitrogen and oxygen atoms in total. The van der Waals surface area contributed by atoms with Crippen LogP contribution in [0.15, 0.2) is 24.3 Å². The molecular weight excluding hydrogens is 268 g/mol. The molecule has 0 radical (unpaired) electrons. The molecule has 0 unspecified atom stereocenters. The van der Waals surface area contributed by atoms with E-state index in [1.807, 2.05) is 0 Å². The molecule has 0 spiro atoms. The SMILES string of the molecule is Cc1nc(CNC(=O)[C@H](O)c2ccccc2Cl)n[nH]1. The number of carbonyl (C=O) groups excluding carboxylic acids is 1. The molecule has 2 rings (SSSR count). The minimum atomic E-state index is -1.31. The fourth-order valence-electron chi connectivity index (χ4n) is 1.57. The molecule has 1 aromatic carbocycles. The molecule has 1 aromatic heterocycles. The molecule has 0 aliphatic carbocycles. The number of hydrogen-bond donors (Lipinski definition) is 3. The van der Waals surface area contributed by atoms with E-state index in [1.54, 1.807) is 31.2 Å². The number of halogens is 1. The largest absolute Gasteiger partial charge is 0.378 e. The number of aliphatic hydroxyl groups excluding tert-OH is 1. The zero-order valence-corrected chi connectivity index (χ0v) is 11.0. The van der Waals surface area contributed by atoms with Crippen molar-refractivity contribution < 1.29 is 9.90 Å². The van der Waals surface area contributed by atoms with Crippen LogP contribution in [0.5, 0.6) is 0 Å². The van der Waals surface area contributed by atoms with Gasteiger partial charge in [-0.1, -0.05) is 29.8 Å². The molecule has 2 aromatic rings. The maximum Gasteiger partial charge on any atom is 0.253 e. The van der Waals surface area contributed by atoms with Crippen molar-refractivity contribution in [2.45, 2.75) is 19.6 Å². The first-order chi connectivity index (χ1) is 9.08. The quantitative estimate of drug-likeness (QED) is 0.783. The van der Waals surface area contributed by atoms with Gasteiger partial charge in [0.25, 0.3) is 5.91 Å². The van der Waals surface area contributed by atoms with E-state index >= 15 is 0 Å². The van der Waals surface area contributed by atoms with E-state index in [1.165, 1.54) is 0 Å². The van der Waals surface area contributed by atoms with E-state index in [0.717, 1.165) is 0 Å². The van der Waals surface area contributed by atoms with Crippen LogP contribution < -0.4 is 5.32 Å². The van der Waals surface area contributed by atoms with E-state index in [0.29, 0.717) is 22.2 Å². The fraction of sp³-hybridized carbons (Fsp3) is 0.250. The summed E-state index contributed by atoms with van der Waals surface area (Å²) >= 11 is 5.91. The molecule has 100 valence electrons. The van der Waals surface area contributed by atoms with E-state index in [-0.39, 0.29) is 6.54 Å². The summed E-state index contributed by atoms with van der Waals surface area (Å²) in [6, 6.07) is 6.65. The van der Waals surface area contributed by atoms with Gasteiger partial charge in [-0.25, -0.2) is 4.98 Å². The number of benzene rings is 1. The molecule has 0 aliphatic heterocycles. The predicted octanol–water partition coefficient (Wildman–Crippen LogP) is 1.12. The minimum absolute atomic E-state index is 0.144. The van der Waals surface area contributed by atoms with Crippen LogP contribution in [0.2, 0.25) is 5.02 Å². The Morgan fingerprint density at radius 2 is 2.26 bits per heavy atom. The Balaban J connectivity index is 1.98. The molecule has 3 N–H and O–H groups in total. The molecule has 0 aliphatic rings. The van der Waals surface area contributed by atoms with Crippen molar-refractivity contribution in [1.29, 1.82) is 0 Å². The van der Waals surface area contributed by atoms with Gasteiger partial charge in [-0.3, -0.25) is 9.89 Å². The molecule has 0 saturated carbocycles. The Bertz CT molecular complexity index is 585. The van der Waals surface area contributed by atoms with Crippen molar-refractivity contribution in [2.75, 3.05) is 0 Å². The predicted molar refractivity (Wildman–Crippen MR) is 69.4 cm³/mol. The number of H-pyrrole nitrogens is 1. The van der Waals surface area contributed by atoms with Crippen LogP contribution in [0.3, 0.4) is 0 Å². The molecule has 7 heteroatoms. The molecular formula is C12H13ClN4O2. The third-order valence-electron chi connectivity index (χ3n) is 2.51. The van der Waals surface area contributed by atoms with Crippen LogP contribution in [-0.2, 0) is 11.3 Å². The van der Waals surface area contributed by atoms with E-state index < -0.39 is 12.0 Å². The second-order valence-corrected chi connectivity index (χ2v) is 4.39. The van der Waals surface area contributed by atoms with E-state index in [2.05, 4.69) is 20.5 Å². The van der Waals surface area contributed by atoms with Gasteiger partial charge in [0.2, 0.25) is 0 Å². The van der Waals surface area contributed by atoms with Crippen molar-refractivity contribution in [3.63, 3.8) is 0 Å². The van der Waals surface area contributed by atoms with Crippen LogP contribution in [0, 0.1) is 6.92 Å². The van der Waals surface area contributed by atoms with Crippen molar-refractivity contribution in [3.05, 3.63) is 46.5 Å². The molecule has 0 saturated heterocycles. The average Bonchev–Trinajstić information content (AvgIpc) is 2.81. The van der Waals surface area contributed by atoms with Crippen LogP contribution in [0.4, 0.5) is 0 Å². The first-order valence-electron chi connectivity index (χ1n) is 5.66. The maximum absolute atomic E-state index is 11.8. The lowest BCUT2D eigenvalue weighted by molar-refractivity contribution is -0.129. The standard InChI is InChI=1S/C12H13ClN4O2/c1-7-15-10(17-16-7)6-14-12(19)11(18)8-4-2-3-5-9(8)13/h2-5,11,18H,6H2,1H3,(H,14,19)(H,15,16,17)/t11-/m1/s1. The highest BCUT2D eigenvalue weighted by Gasteiger charge is 2.19. The van der Waals surface area contributed by atoms with Crippen molar-refractivity contribution >= 4 is 17.5 Å². The molecule has 1 amide bonds. The lowest BCUT2D eigenvalue weighted by atomic mass is 10.1. The number of hydrogen-bond acceptors (Lipinski definition) is 4. The highest BCUT2D eigenvalue weighted by molar-refractivity contribution is 6.31. The topological polar surface area (TPSA) is 90.9 Å². The van der Waals surface area contributed by atoms with E-state index in [9.17, 15) is 9.90 Å². The fourth-order valence-corrected chi connectivity index (χ4v) is 1.81. The third-order valence-corrected chi connectivity index (χ3v) is 2.86. The van der Waals surface area contributed by atoms with Gasteiger partial charge in [0, 0.05) is 10.6 Å². The molecule has 1 atom stereocenters. The Hall–Kier alpha value is -1.92. The minimum Gasteiger partial charge on any atom is -0.378 e. The average molecular weight is 281 g/mol. The van der Waals surface area contributed by atoms with Gasteiger partial charge in [0.1, 0.15) is 5.82 Å². The highest BCUT2D eigenvalue weighted by Crippen LogP contribution is 2.22. The van der Waals surface area contributed by atoms with Crippen LogP contribution >= 0.6 is 11.6 Å². The summed E-state index contributed by atoms with van der Waals surface area (Å²) in [6.45, 7) is 1.90. The summed E-state index contributed by atoms with van der Waals surface area (Å²) in [5.41, 5.74) is 0.368. The highest BCUT2D eigenvalue weighted by atomic mass is 35.5. The number of nitrogens with one attached hydrogen (secondary N) is 2. The van der Waals surface area contributed by atoms with Crippen molar-refractivity contribution in [3.8, 4) is 0 Å². The second-order valence-electron chi connectivity index (χ2n) is 3.98. The Morgan fingerprint density at radius 1 is 1.53 bits per heavy atom. The number of aromatic amines is 1. The molecule has 1 heterocycles.